The second kappa shape index (κ2) is 14.4. The van der Waals surface area contributed by atoms with E-state index in [9.17, 15) is 36.8 Å². The Labute approximate surface area is 221 Å². The number of ether oxygens (including phenoxy) is 2. The summed E-state index contributed by atoms with van der Waals surface area (Å²) in [5.74, 6) is -3.16. The number of hydrogen-bond donors (Lipinski definition) is 1. The van der Waals surface area contributed by atoms with Crippen LogP contribution >= 0.6 is 0 Å². The van der Waals surface area contributed by atoms with E-state index in [4.69, 9.17) is 9.47 Å². The predicted molar refractivity (Wildman–Crippen MR) is 136 cm³/mol. The molecule has 0 saturated carbocycles. The zero-order valence-corrected chi connectivity index (χ0v) is 21.6. The maximum Gasteiger partial charge on any atom is 0.796 e. The lowest BCUT2D eigenvalue weighted by Crippen LogP contribution is -2.30. The van der Waals surface area contributed by atoms with Gasteiger partial charge in [-0.2, -0.15) is 0 Å². The van der Waals surface area contributed by atoms with Crippen molar-refractivity contribution in [1.82, 2.24) is 9.13 Å². The van der Waals surface area contributed by atoms with Crippen molar-refractivity contribution in [2.45, 2.75) is 26.9 Å². The number of nitrogens with zero attached hydrogens (tertiary/aromatic N) is 2. The summed E-state index contributed by atoms with van der Waals surface area (Å²) in [6.45, 7) is 3.20. The standard InChI is InChI=1S/C23H26B2F4N2O8/c1-14-12-18(38-24(26)27)20(22(34)30(14)8-10-36-3)16(32)6-5-7-17(33)21-19(39-25(28)29)13-15(2)31(23(21)35)9-11-37-4/h5-7,12-13,32H,8-11H2,1-4H3/b7-5+,16-6-. The lowest BCUT2D eigenvalue weighted by Gasteiger charge is -2.15. The Morgan fingerprint density at radius 3 is 1.74 bits per heavy atom. The molecular formula is C23H26B2F4N2O8. The summed E-state index contributed by atoms with van der Waals surface area (Å²) >= 11 is 0. The quantitative estimate of drug-likeness (QED) is 0.0944. The molecule has 0 radical (unpaired) electrons. The van der Waals surface area contributed by atoms with Crippen molar-refractivity contribution in [3.63, 3.8) is 0 Å². The van der Waals surface area contributed by atoms with Crippen LogP contribution in [-0.4, -0.2) is 62.4 Å². The molecule has 0 bridgehead atoms. The molecule has 2 heterocycles. The number of carbonyl (C=O) groups is 1. The molecule has 2 aromatic heterocycles. The van der Waals surface area contributed by atoms with Gasteiger partial charge in [0.2, 0.25) is 0 Å². The fraction of sp³-hybridized carbons (Fsp3) is 0.348. The lowest BCUT2D eigenvalue weighted by molar-refractivity contribution is 0.104. The van der Waals surface area contributed by atoms with Gasteiger partial charge >= 0.3 is 14.9 Å². The van der Waals surface area contributed by atoms with Crippen LogP contribution in [0.15, 0.2) is 39.9 Å². The Hall–Kier alpha value is -3.78. The highest BCUT2D eigenvalue weighted by molar-refractivity contribution is 6.36. The van der Waals surface area contributed by atoms with Gasteiger partial charge in [-0.15, -0.1) is 0 Å². The fourth-order valence-corrected chi connectivity index (χ4v) is 3.64. The number of hydrogen-bond acceptors (Lipinski definition) is 8. The topological polar surface area (TPSA) is 118 Å². The molecule has 0 atom stereocenters. The number of aryl methyl sites for hydroxylation is 2. The number of halogens is 4. The third-order valence-electron chi connectivity index (χ3n) is 5.42. The van der Waals surface area contributed by atoms with Crippen molar-refractivity contribution in [3.05, 3.63) is 73.6 Å². The van der Waals surface area contributed by atoms with Crippen LogP contribution in [0.1, 0.15) is 27.3 Å². The first-order valence-electron chi connectivity index (χ1n) is 11.4. The van der Waals surface area contributed by atoms with Gasteiger partial charge in [0.1, 0.15) is 28.4 Å². The number of carbonyl (C=O) groups excluding carboxylic acids is 1. The highest BCUT2D eigenvalue weighted by atomic mass is 19.2. The van der Waals surface area contributed by atoms with E-state index in [1.807, 2.05) is 0 Å². The van der Waals surface area contributed by atoms with E-state index in [2.05, 4.69) is 9.31 Å². The van der Waals surface area contributed by atoms with E-state index < -0.39 is 60.2 Å². The average Bonchev–Trinajstić information content (AvgIpc) is 2.82. The molecule has 0 aliphatic carbocycles. The highest BCUT2D eigenvalue weighted by Gasteiger charge is 2.26. The van der Waals surface area contributed by atoms with Crippen LogP contribution in [0, 0.1) is 13.8 Å². The maximum atomic E-state index is 13.0. The first-order chi connectivity index (χ1) is 18.4. The van der Waals surface area contributed by atoms with Crippen LogP contribution in [0.3, 0.4) is 0 Å². The molecule has 0 unspecified atom stereocenters. The van der Waals surface area contributed by atoms with Crippen molar-refractivity contribution in [2.75, 3.05) is 27.4 Å². The second-order valence-electron chi connectivity index (χ2n) is 7.98. The average molecular weight is 556 g/mol. The van der Waals surface area contributed by atoms with Crippen LogP contribution in [0.2, 0.25) is 0 Å². The Balaban J connectivity index is 2.55. The van der Waals surface area contributed by atoms with Gasteiger partial charge in [0.25, 0.3) is 11.1 Å². The van der Waals surface area contributed by atoms with Gasteiger partial charge in [-0.25, -0.2) is 17.3 Å². The van der Waals surface area contributed by atoms with E-state index in [1.54, 1.807) is 0 Å². The van der Waals surface area contributed by atoms with Gasteiger partial charge < -0.3 is 33.0 Å². The number of ketones is 1. The molecule has 0 amide bonds. The molecular weight excluding hydrogens is 530 g/mol. The zero-order chi connectivity index (χ0) is 29.3. The van der Waals surface area contributed by atoms with Gasteiger partial charge in [0, 0.05) is 38.7 Å². The number of aliphatic hydroxyl groups excluding tert-OH is 1. The first kappa shape index (κ1) is 31.4. The number of methoxy groups -OCH3 is 2. The third kappa shape index (κ3) is 8.10. The summed E-state index contributed by atoms with van der Waals surface area (Å²) in [5.41, 5.74) is -2.62. The SMILES string of the molecule is COCCn1c(C)cc(OB(F)F)c(C(=O)/C=C/C=C(\O)c2c(OB(F)F)cc(C)n(CCOC)c2=O)c1=O. The summed E-state index contributed by atoms with van der Waals surface area (Å²) in [7, 11) is -3.85. The fourth-order valence-electron chi connectivity index (χ4n) is 3.64. The zero-order valence-electron chi connectivity index (χ0n) is 21.6. The number of allylic oxidation sites excluding steroid dienone is 3. The molecule has 10 nitrogen and oxygen atoms in total. The molecule has 1 N–H and O–H groups in total. The predicted octanol–water partition coefficient (Wildman–Crippen LogP) is 2.86. The molecule has 2 rings (SSSR count). The molecule has 2 aromatic rings. The molecule has 0 aliphatic heterocycles. The van der Waals surface area contributed by atoms with Crippen LogP contribution in [-0.2, 0) is 22.6 Å². The normalized spacial score (nSPS) is 11.6. The summed E-state index contributed by atoms with van der Waals surface area (Å²) in [5, 5.41) is 10.6. The molecule has 0 spiro atoms. The van der Waals surface area contributed by atoms with Crippen molar-refractivity contribution < 1.29 is 45.9 Å². The van der Waals surface area contributed by atoms with Gasteiger partial charge in [-0.05, 0) is 38.1 Å². The van der Waals surface area contributed by atoms with Crippen LogP contribution < -0.4 is 20.4 Å². The van der Waals surface area contributed by atoms with Crippen molar-refractivity contribution >= 4 is 26.5 Å². The highest BCUT2D eigenvalue weighted by Crippen LogP contribution is 2.24. The van der Waals surface area contributed by atoms with Gasteiger partial charge in [-0.1, -0.05) is 6.08 Å². The number of aliphatic hydroxyl groups is 1. The Morgan fingerprint density at radius 2 is 1.31 bits per heavy atom. The summed E-state index contributed by atoms with van der Waals surface area (Å²) in [6, 6.07) is 2.22. The minimum absolute atomic E-state index is 0.0243. The van der Waals surface area contributed by atoms with E-state index >= 15 is 0 Å². The van der Waals surface area contributed by atoms with Crippen molar-refractivity contribution in [1.29, 1.82) is 0 Å². The molecule has 39 heavy (non-hydrogen) atoms. The largest absolute Gasteiger partial charge is 0.796 e. The molecule has 16 heteroatoms. The minimum atomic E-state index is -3.33. The molecule has 0 saturated heterocycles. The summed E-state index contributed by atoms with van der Waals surface area (Å²) in [6.07, 6.45) is 2.49. The number of pyridine rings is 2. The van der Waals surface area contributed by atoms with Gasteiger partial charge in [0.15, 0.2) is 5.78 Å². The van der Waals surface area contributed by atoms with E-state index in [1.165, 1.54) is 32.6 Å². The van der Waals surface area contributed by atoms with E-state index in [0.717, 1.165) is 34.9 Å². The van der Waals surface area contributed by atoms with Crippen LogP contribution in [0.25, 0.3) is 5.76 Å². The van der Waals surface area contributed by atoms with E-state index in [-0.39, 0.29) is 37.7 Å². The monoisotopic (exact) mass is 556 g/mol. The molecule has 0 aromatic carbocycles. The lowest BCUT2D eigenvalue weighted by atomic mass is 10.1. The second-order valence-corrected chi connectivity index (χ2v) is 7.98. The van der Waals surface area contributed by atoms with Gasteiger partial charge in [-0.3, -0.25) is 14.4 Å². The molecule has 0 fully saturated rings. The molecule has 210 valence electrons. The first-order valence-corrected chi connectivity index (χ1v) is 11.4. The maximum absolute atomic E-state index is 13.0. The van der Waals surface area contributed by atoms with E-state index in [0.29, 0.717) is 0 Å². The third-order valence-corrected chi connectivity index (χ3v) is 5.42. The van der Waals surface area contributed by atoms with Crippen molar-refractivity contribution in [3.8, 4) is 11.5 Å². The summed E-state index contributed by atoms with van der Waals surface area (Å²) < 4.78 is 72.8. The van der Waals surface area contributed by atoms with Gasteiger partial charge in [0.05, 0.1) is 13.2 Å². The van der Waals surface area contributed by atoms with Crippen LogP contribution in [0.5, 0.6) is 11.5 Å². The minimum Gasteiger partial charge on any atom is -0.507 e. The summed E-state index contributed by atoms with van der Waals surface area (Å²) in [4.78, 5) is 38.7. The smallest absolute Gasteiger partial charge is 0.507 e. The number of rotatable bonds is 14. The van der Waals surface area contributed by atoms with Crippen molar-refractivity contribution in [2.24, 2.45) is 0 Å². The number of aromatic nitrogens is 2. The Bertz CT molecular complexity index is 1360. The Kier molecular flexibility index (Phi) is 11.6. The van der Waals surface area contributed by atoms with Crippen LogP contribution in [0.4, 0.5) is 17.3 Å². The molecule has 0 aliphatic rings. The Morgan fingerprint density at radius 1 is 0.872 bits per heavy atom.